The lowest BCUT2D eigenvalue weighted by atomic mass is 10.1. The molecule has 0 aliphatic carbocycles. The van der Waals surface area contributed by atoms with E-state index in [1.807, 2.05) is 6.20 Å². The third-order valence-electron chi connectivity index (χ3n) is 3.09. The van der Waals surface area contributed by atoms with Crippen LogP contribution in [0.2, 0.25) is 0 Å². The minimum absolute atomic E-state index is 1.11. The van der Waals surface area contributed by atoms with Crippen LogP contribution in [0.15, 0.2) is 34.9 Å². The largest absolute Gasteiger partial charge is 0.328 e. The number of benzene rings is 1. The minimum atomic E-state index is 1.11. The van der Waals surface area contributed by atoms with Gasteiger partial charge in [0.05, 0.1) is 11.9 Å². The third-order valence-corrected chi connectivity index (χ3v) is 3.58. The zero-order chi connectivity index (χ0) is 11.0. The quantitative estimate of drug-likeness (QED) is 0.778. The Morgan fingerprint density at radius 3 is 3.06 bits per heavy atom. The van der Waals surface area contributed by atoms with Gasteiger partial charge < -0.3 is 4.57 Å². The van der Waals surface area contributed by atoms with E-state index in [1.54, 1.807) is 0 Å². The molecule has 0 atom stereocenters. The molecule has 0 spiro atoms. The van der Waals surface area contributed by atoms with Crippen molar-refractivity contribution in [3.8, 4) is 11.3 Å². The van der Waals surface area contributed by atoms with E-state index in [0.29, 0.717) is 0 Å². The lowest BCUT2D eigenvalue weighted by molar-refractivity contribution is 0.526. The Balaban J connectivity index is 2.09. The van der Waals surface area contributed by atoms with E-state index < -0.39 is 0 Å². The summed E-state index contributed by atoms with van der Waals surface area (Å²) in [5.74, 6) is 1.24. The van der Waals surface area contributed by atoms with Crippen molar-refractivity contribution >= 4 is 15.9 Å². The van der Waals surface area contributed by atoms with Crippen LogP contribution in [0.1, 0.15) is 18.7 Å². The van der Waals surface area contributed by atoms with Gasteiger partial charge in [0.1, 0.15) is 5.82 Å². The topological polar surface area (TPSA) is 17.8 Å². The van der Waals surface area contributed by atoms with Crippen LogP contribution in [0.4, 0.5) is 0 Å². The van der Waals surface area contributed by atoms with Gasteiger partial charge in [0, 0.05) is 23.0 Å². The first-order chi connectivity index (χ1) is 7.84. The second-order valence-electron chi connectivity index (χ2n) is 4.18. The van der Waals surface area contributed by atoms with Gasteiger partial charge in [-0.15, -0.1) is 0 Å². The normalized spacial score (nSPS) is 14.8. The second-order valence-corrected chi connectivity index (χ2v) is 5.09. The molecule has 1 aliphatic rings. The second kappa shape index (κ2) is 4.06. The van der Waals surface area contributed by atoms with E-state index in [-0.39, 0.29) is 0 Å². The first-order valence-electron chi connectivity index (χ1n) is 5.65. The first-order valence-corrected chi connectivity index (χ1v) is 6.44. The zero-order valence-electron chi connectivity index (χ0n) is 8.99. The van der Waals surface area contributed by atoms with Crippen LogP contribution >= 0.6 is 15.9 Å². The highest BCUT2D eigenvalue weighted by atomic mass is 79.9. The van der Waals surface area contributed by atoms with Crippen LogP contribution < -0.4 is 0 Å². The SMILES string of the molecule is Brc1cccc(-c2cnc3n2CCCC3)c1. The number of aromatic nitrogens is 2. The molecule has 82 valence electrons. The molecular weight excluding hydrogens is 264 g/mol. The molecule has 0 saturated carbocycles. The summed E-state index contributed by atoms with van der Waals surface area (Å²) >= 11 is 3.51. The van der Waals surface area contributed by atoms with Crippen LogP contribution in [-0.4, -0.2) is 9.55 Å². The lowest BCUT2D eigenvalue weighted by Crippen LogP contribution is -2.11. The average Bonchev–Trinajstić information content (AvgIpc) is 2.72. The Morgan fingerprint density at radius 2 is 2.19 bits per heavy atom. The van der Waals surface area contributed by atoms with Crippen LogP contribution in [0.3, 0.4) is 0 Å². The number of imidazole rings is 1. The van der Waals surface area contributed by atoms with E-state index in [1.165, 1.54) is 29.9 Å². The van der Waals surface area contributed by atoms with Crippen molar-refractivity contribution < 1.29 is 0 Å². The molecule has 0 amide bonds. The third kappa shape index (κ3) is 1.69. The Hall–Kier alpha value is -1.09. The molecule has 2 aromatic rings. The summed E-state index contributed by atoms with van der Waals surface area (Å²) in [5.41, 5.74) is 2.49. The molecule has 0 radical (unpaired) electrons. The van der Waals surface area contributed by atoms with Crippen molar-refractivity contribution in [2.45, 2.75) is 25.8 Å². The molecule has 1 aliphatic heterocycles. The summed E-state index contributed by atoms with van der Waals surface area (Å²) in [6.07, 6.45) is 5.66. The maximum absolute atomic E-state index is 4.51. The number of fused-ring (bicyclic) bond motifs is 1. The van der Waals surface area contributed by atoms with Gasteiger partial charge in [-0.25, -0.2) is 4.98 Å². The molecule has 16 heavy (non-hydrogen) atoms. The molecule has 1 aromatic heterocycles. The van der Waals surface area contributed by atoms with Gasteiger partial charge in [0.25, 0.3) is 0 Å². The number of aryl methyl sites for hydroxylation is 1. The van der Waals surface area contributed by atoms with Crippen LogP contribution in [0.25, 0.3) is 11.3 Å². The van der Waals surface area contributed by atoms with Gasteiger partial charge in [-0.1, -0.05) is 28.1 Å². The maximum Gasteiger partial charge on any atom is 0.109 e. The molecule has 3 heteroatoms. The smallest absolute Gasteiger partial charge is 0.109 e. The minimum Gasteiger partial charge on any atom is -0.328 e. The summed E-state index contributed by atoms with van der Waals surface area (Å²) in [6.45, 7) is 1.11. The molecule has 0 bridgehead atoms. The van der Waals surface area contributed by atoms with E-state index in [2.05, 4.69) is 49.7 Å². The standard InChI is InChI=1S/C13H13BrN2/c14-11-5-3-4-10(8-11)12-9-15-13-6-1-2-7-16(12)13/h3-5,8-9H,1-2,6-7H2. The predicted octanol–water partition coefficient (Wildman–Crippen LogP) is 3.65. The van der Waals surface area contributed by atoms with Crippen molar-refractivity contribution in [2.24, 2.45) is 0 Å². The summed E-state index contributed by atoms with van der Waals surface area (Å²) in [6, 6.07) is 8.42. The van der Waals surface area contributed by atoms with E-state index >= 15 is 0 Å². The van der Waals surface area contributed by atoms with E-state index in [4.69, 9.17) is 0 Å². The van der Waals surface area contributed by atoms with Crippen molar-refractivity contribution in [3.05, 3.63) is 40.8 Å². The monoisotopic (exact) mass is 276 g/mol. The van der Waals surface area contributed by atoms with Crippen molar-refractivity contribution in [2.75, 3.05) is 0 Å². The number of halogens is 1. The van der Waals surface area contributed by atoms with Crippen LogP contribution in [-0.2, 0) is 13.0 Å². The highest BCUT2D eigenvalue weighted by Gasteiger charge is 2.14. The fourth-order valence-corrected chi connectivity index (χ4v) is 2.69. The maximum atomic E-state index is 4.51. The first kappa shape index (κ1) is 10.1. The Labute approximate surface area is 103 Å². The van der Waals surface area contributed by atoms with Gasteiger partial charge in [0.15, 0.2) is 0 Å². The Bertz CT molecular complexity index is 516. The summed E-state index contributed by atoms with van der Waals surface area (Å²) in [7, 11) is 0. The number of rotatable bonds is 1. The van der Waals surface area contributed by atoms with Crippen molar-refractivity contribution in [3.63, 3.8) is 0 Å². The van der Waals surface area contributed by atoms with Gasteiger partial charge in [-0.2, -0.15) is 0 Å². The van der Waals surface area contributed by atoms with Gasteiger partial charge >= 0.3 is 0 Å². The molecule has 0 saturated heterocycles. The Kier molecular flexibility index (Phi) is 2.56. The Morgan fingerprint density at radius 1 is 1.25 bits per heavy atom. The lowest BCUT2D eigenvalue weighted by Gasteiger charge is -2.16. The summed E-state index contributed by atoms with van der Waals surface area (Å²) < 4.78 is 3.47. The van der Waals surface area contributed by atoms with Crippen LogP contribution in [0, 0.1) is 0 Å². The summed E-state index contributed by atoms with van der Waals surface area (Å²) in [5, 5.41) is 0. The molecule has 2 heterocycles. The molecule has 0 N–H and O–H groups in total. The molecule has 3 rings (SSSR count). The van der Waals surface area contributed by atoms with Crippen molar-refractivity contribution in [1.82, 2.24) is 9.55 Å². The van der Waals surface area contributed by atoms with Crippen molar-refractivity contribution in [1.29, 1.82) is 0 Å². The molecule has 2 nitrogen and oxygen atoms in total. The average molecular weight is 277 g/mol. The molecule has 0 unspecified atom stereocenters. The van der Waals surface area contributed by atoms with Crippen LogP contribution in [0.5, 0.6) is 0 Å². The molecular formula is C13H13BrN2. The zero-order valence-corrected chi connectivity index (χ0v) is 10.6. The highest BCUT2D eigenvalue weighted by molar-refractivity contribution is 9.10. The van der Waals surface area contributed by atoms with Gasteiger partial charge in [0.2, 0.25) is 0 Å². The predicted molar refractivity (Wildman–Crippen MR) is 68.3 cm³/mol. The molecule has 1 aromatic carbocycles. The van der Waals surface area contributed by atoms with E-state index in [0.717, 1.165) is 17.4 Å². The number of hydrogen-bond acceptors (Lipinski definition) is 1. The van der Waals surface area contributed by atoms with Gasteiger partial charge in [-0.05, 0) is 25.0 Å². The highest BCUT2D eigenvalue weighted by Crippen LogP contribution is 2.26. The number of nitrogens with zero attached hydrogens (tertiary/aromatic N) is 2. The fourth-order valence-electron chi connectivity index (χ4n) is 2.29. The fraction of sp³-hybridized carbons (Fsp3) is 0.308. The van der Waals surface area contributed by atoms with E-state index in [9.17, 15) is 0 Å². The molecule has 0 fully saturated rings. The number of hydrogen-bond donors (Lipinski definition) is 0. The van der Waals surface area contributed by atoms with Gasteiger partial charge in [-0.3, -0.25) is 0 Å². The summed E-state index contributed by atoms with van der Waals surface area (Å²) in [4.78, 5) is 4.51.